The Morgan fingerprint density at radius 3 is 1.54 bits per heavy atom. The Morgan fingerprint density at radius 1 is 0.708 bits per heavy atom. The second-order valence-electron chi connectivity index (χ2n) is 6.59. The largest absolute Gasteiger partial charge is 0.463 e. The van der Waals surface area contributed by atoms with Gasteiger partial charge in [-0.2, -0.15) is 0 Å². The maximum Gasteiger partial charge on any atom is 0.305 e. The van der Waals surface area contributed by atoms with Gasteiger partial charge in [0.15, 0.2) is 0 Å². The summed E-state index contributed by atoms with van der Waals surface area (Å²) in [5.41, 5.74) is 0. The summed E-state index contributed by atoms with van der Waals surface area (Å²) >= 11 is 0. The van der Waals surface area contributed by atoms with E-state index in [2.05, 4.69) is 0 Å². The van der Waals surface area contributed by atoms with E-state index in [0.717, 1.165) is 32.1 Å². The zero-order chi connectivity index (χ0) is 17.9. The molecule has 0 saturated carbocycles. The molecule has 1 atom stereocenters. The molecule has 0 aromatic rings. The van der Waals surface area contributed by atoms with Crippen LogP contribution in [0.15, 0.2) is 0 Å². The molecule has 0 aliphatic rings. The Morgan fingerprint density at radius 2 is 1.12 bits per heavy atom. The van der Waals surface area contributed by atoms with Crippen LogP contribution in [-0.4, -0.2) is 47.2 Å². The van der Waals surface area contributed by atoms with Crippen LogP contribution in [0.2, 0.25) is 0 Å². The highest BCUT2D eigenvalue weighted by Crippen LogP contribution is 2.13. The van der Waals surface area contributed by atoms with E-state index in [9.17, 15) is 4.79 Å². The minimum atomic E-state index is -0.963. The molecule has 0 radical (unpaired) electrons. The van der Waals surface area contributed by atoms with Gasteiger partial charge in [0.2, 0.25) is 0 Å². The van der Waals surface area contributed by atoms with Crippen molar-refractivity contribution in [3.05, 3.63) is 0 Å². The molecule has 24 heavy (non-hydrogen) atoms. The minimum Gasteiger partial charge on any atom is -0.463 e. The van der Waals surface area contributed by atoms with Gasteiger partial charge in [-0.15, -0.1) is 0 Å². The quantitative estimate of drug-likeness (QED) is 0.262. The van der Waals surface area contributed by atoms with Gasteiger partial charge < -0.3 is 20.1 Å². The fraction of sp³-hybridized carbons (Fsp3) is 0.947. The first-order valence-corrected chi connectivity index (χ1v) is 9.76. The van der Waals surface area contributed by atoms with Gasteiger partial charge in [-0.05, 0) is 12.8 Å². The molecule has 5 heteroatoms. The first kappa shape index (κ1) is 23.4. The van der Waals surface area contributed by atoms with Gasteiger partial charge in [-0.3, -0.25) is 4.79 Å². The molecular formula is C19H38O5. The topological polar surface area (TPSA) is 87.0 Å². The summed E-state index contributed by atoms with van der Waals surface area (Å²) in [5.74, 6) is -0.290. The average molecular weight is 347 g/mol. The molecule has 0 saturated heterocycles. The predicted molar refractivity (Wildman–Crippen MR) is 95.8 cm³/mol. The Balaban J connectivity index is 3.13. The molecule has 0 unspecified atom stereocenters. The average Bonchev–Trinajstić information content (AvgIpc) is 2.59. The predicted octanol–water partition coefficient (Wildman–Crippen LogP) is 3.34. The number of unbranched alkanes of at least 4 members (excludes halogenated alkanes) is 12. The van der Waals surface area contributed by atoms with Crippen LogP contribution in [0.25, 0.3) is 0 Å². The second-order valence-corrected chi connectivity index (χ2v) is 6.59. The number of aliphatic hydroxyl groups is 3. The lowest BCUT2D eigenvalue weighted by molar-refractivity contribution is -0.147. The lowest BCUT2D eigenvalue weighted by Crippen LogP contribution is -2.21. The van der Waals surface area contributed by atoms with E-state index >= 15 is 0 Å². The summed E-state index contributed by atoms with van der Waals surface area (Å²) in [5, 5.41) is 26.4. The van der Waals surface area contributed by atoms with Crippen LogP contribution >= 0.6 is 0 Å². The molecule has 0 bridgehead atoms. The lowest BCUT2D eigenvalue weighted by atomic mass is 10.0. The number of carbonyl (C=O) groups is 1. The zero-order valence-electron chi connectivity index (χ0n) is 15.3. The van der Waals surface area contributed by atoms with Crippen LogP contribution in [0.1, 0.15) is 89.9 Å². The third-order valence-electron chi connectivity index (χ3n) is 4.19. The molecule has 0 heterocycles. The van der Waals surface area contributed by atoms with Crippen molar-refractivity contribution >= 4 is 5.97 Å². The molecule has 0 aliphatic carbocycles. The smallest absolute Gasteiger partial charge is 0.305 e. The molecule has 0 rings (SSSR count). The Kier molecular flexibility index (Phi) is 18.2. The van der Waals surface area contributed by atoms with E-state index in [1.54, 1.807) is 0 Å². The maximum absolute atomic E-state index is 11.4. The number of hydrogen-bond acceptors (Lipinski definition) is 5. The number of esters is 1. The lowest BCUT2D eigenvalue weighted by Gasteiger charge is -2.08. The van der Waals surface area contributed by atoms with Gasteiger partial charge in [0.05, 0.1) is 6.61 Å². The summed E-state index contributed by atoms with van der Waals surface area (Å²) in [6.45, 7) is -0.165. The number of ether oxygens (including phenoxy) is 1. The summed E-state index contributed by atoms with van der Waals surface area (Å²) < 4.78 is 4.85. The third-order valence-corrected chi connectivity index (χ3v) is 4.19. The van der Waals surface area contributed by atoms with Gasteiger partial charge in [-0.1, -0.05) is 70.6 Å². The first-order chi connectivity index (χ1) is 11.7. The molecule has 0 aromatic carbocycles. The van der Waals surface area contributed by atoms with E-state index in [1.807, 2.05) is 0 Å². The third kappa shape index (κ3) is 17.7. The van der Waals surface area contributed by atoms with E-state index in [4.69, 9.17) is 20.1 Å². The Bertz CT molecular complexity index is 270. The van der Waals surface area contributed by atoms with Crippen molar-refractivity contribution in [3.8, 4) is 0 Å². The summed E-state index contributed by atoms with van der Waals surface area (Å²) in [4.78, 5) is 11.4. The number of aliphatic hydroxyl groups excluding tert-OH is 3. The minimum absolute atomic E-state index is 0.114. The van der Waals surface area contributed by atoms with Crippen LogP contribution in [-0.2, 0) is 9.53 Å². The highest BCUT2D eigenvalue weighted by atomic mass is 16.5. The van der Waals surface area contributed by atoms with Crippen molar-refractivity contribution in [1.82, 2.24) is 0 Å². The van der Waals surface area contributed by atoms with Crippen molar-refractivity contribution in [2.24, 2.45) is 0 Å². The number of hydrogen-bond donors (Lipinski definition) is 3. The van der Waals surface area contributed by atoms with E-state index < -0.39 is 6.10 Å². The van der Waals surface area contributed by atoms with Gasteiger partial charge in [0.1, 0.15) is 12.7 Å². The second kappa shape index (κ2) is 18.7. The number of carbonyl (C=O) groups excluding carboxylic acids is 1. The van der Waals surface area contributed by atoms with Crippen LogP contribution in [0.3, 0.4) is 0 Å². The van der Waals surface area contributed by atoms with Gasteiger partial charge in [0.25, 0.3) is 0 Å². The zero-order valence-corrected chi connectivity index (χ0v) is 15.3. The maximum atomic E-state index is 11.4. The van der Waals surface area contributed by atoms with Crippen LogP contribution in [0, 0.1) is 0 Å². The Labute approximate surface area is 147 Å². The van der Waals surface area contributed by atoms with Gasteiger partial charge in [-0.25, -0.2) is 0 Å². The van der Waals surface area contributed by atoms with Crippen molar-refractivity contribution in [1.29, 1.82) is 0 Å². The van der Waals surface area contributed by atoms with Crippen molar-refractivity contribution in [2.45, 2.75) is 96.0 Å². The molecule has 0 aliphatic heterocycles. The van der Waals surface area contributed by atoms with E-state index in [0.29, 0.717) is 13.0 Å². The van der Waals surface area contributed by atoms with Crippen LogP contribution < -0.4 is 0 Å². The molecular weight excluding hydrogens is 308 g/mol. The highest BCUT2D eigenvalue weighted by molar-refractivity contribution is 5.69. The fourth-order valence-electron chi connectivity index (χ4n) is 2.64. The van der Waals surface area contributed by atoms with Crippen molar-refractivity contribution in [2.75, 3.05) is 19.8 Å². The standard InChI is InChI=1S/C19H38O5/c20-15-13-11-9-7-5-3-1-2-4-6-8-10-12-14-19(23)24-17-18(22)16-21/h18,20-22H,1-17H2/t18-/m1/s1. The van der Waals surface area contributed by atoms with Gasteiger partial charge in [0, 0.05) is 13.0 Å². The van der Waals surface area contributed by atoms with Gasteiger partial charge >= 0.3 is 5.97 Å². The number of rotatable bonds is 18. The van der Waals surface area contributed by atoms with E-state index in [1.165, 1.54) is 51.4 Å². The molecule has 5 nitrogen and oxygen atoms in total. The molecule has 3 N–H and O–H groups in total. The molecule has 0 amide bonds. The summed E-state index contributed by atoms with van der Waals surface area (Å²) in [6.07, 6.45) is 14.9. The fourth-order valence-corrected chi connectivity index (χ4v) is 2.64. The Hall–Kier alpha value is -0.650. The van der Waals surface area contributed by atoms with Crippen LogP contribution in [0.4, 0.5) is 0 Å². The van der Waals surface area contributed by atoms with Crippen molar-refractivity contribution in [3.63, 3.8) is 0 Å². The van der Waals surface area contributed by atoms with Crippen molar-refractivity contribution < 1.29 is 24.9 Å². The SMILES string of the molecule is O=C(CCCCCCCCCCCCCCCO)OC[C@H](O)CO. The monoisotopic (exact) mass is 346 g/mol. The molecule has 144 valence electrons. The highest BCUT2D eigenvalue weighted by Gasteiger charge is 2.07. The molecule has 0 fully saturated rings. The normalized spacial score (nSPS) is 12.3. The molecule has 0 aromatic heterocycles. The molecule has 0 spiro atoms. The van der Waals surface area contributed by atoms with E-state index in [-0.39, 0.29) is 19.2 Å². The first-order valence-electron chi connectivity index (χ1n) is 9.76. The summed E-state index contributed by atoms with van der Waals surface area (Å²) in [6, 6.07) is 0. The summed E-state index contributed by atoms with van der Waals surface area (Å²) in [7, 11) is 0. The van der Waals surface area contributed by atoms with Crippen LogP contribution in [0.5, 0.6) is 0 Å².